The highest BCUT2D eigenvalue weighted by Gasteiger charge is 2.23. The van der Waals surface area contributed by atoms with Crippen LogP contribution in [0.3, 0.4) is 0 Å². The molecule has 0 saturated heterocycles. The van der Waals surface area contributed by atoms with E-state index in [0.29, 0.717) is 22.2 Å². The standard InChI is InChI=1S/C20H19N5O3S/c1-20(2,3)24-18-15(11-21-24)17(16-8-5-9-29-16)22-23(19(18)26)12-13-6-4-7-14(10-13)25(27)28/h4-11H,12H2,1-3H3. The summed E-state index contributed by atoms with van der Waals surface area (Å²) in [6, 6.07) is 10.1. The molecule has 0 fully saturated rings. The summed E-state index contributed by atoms with van der Waals surface area (Å²) < 4.78 is 3.08. The molecule has 0 atom stereocenters. The van der Waals surface area contributed by atoms with Crippen LogP contribution in [-0.2, 0) is 12.1 Å². The average Bonchev–Trinajstić information content (AvgIpc) is 3.34. The first kappa shape index (κ1) is 19.0. The lowest BCUT2D eigenvalue weighted by Gasteiger charge is -2.20. The number of benzene rings is 1. The molecule has 8 nitrogen and oxygen atoms in total. The van der Waals surface area contributed by atoms with Gasteiger partial charge in [0.25, 0.3) is 11.2 Å². The van der Waals surface area contributed by atoms with E-state index in [1.165, 1.54) is 28.2 Å². The van der Waals surface area contributed by atoms with Crippen molar-refractivity contribution in [3.8, 4) is 10.6 Å². The van der Waals surface area contributed by atoms with Crippen LogP contribution in [0.4, 0.5) is 5.69 Å². The van der Waals surface area contributed by atoms with Gasteiger partial charge >= 0.3 is 0 Å². The quantitative estimate of drug-likeness (QED) is 0.374. The maximum atomic E-state index is 13.3. The maximum Gasteiger partial charge on any atom is 0.293 e. The van der Waals surface area contributed by atoms with Crippen LogP contribution in [0.1, 0.15) is 26.3 Å². The fourth-order valence-electron chi connectivity index (χ4n) is 3.22. The second kappa shape index (κ2) is 6.93. The Morgan fingerprint density at radius 2 is 2.00 bits per heavy atom. The molecule has 0 bridgehead atoms. The number of hydrogen-bond donors (Lipinski definition) is 0. The third-order valence-corrected chi connectivity index (χ3v) is 5.40. The average molecular weight is 409 g/mol. The van der Waals surface area contributed by atoms with E-state index in [2.05, 4.69) is 10.2 Å². The number of fused-ring (bicyclic) bond motifs is 1. The third kappa shape index (κ3) is 3.44. The van der Waals surface area contributed by atoms with E-state index in [9.17, 15) is 14.9 Å². The van der Waals surface area contributed by atoms with Gasteiger partial charge in [-0.3, -0.25) is 19.6 Å². The van der Waals surface area contributed by atoms with Gasteiger partial charge in [-0.1, -0.05) is 18.2 Å². The Morgan fingerprint density at radius 1 is 1.21 bits per heavy atom. The number of aromatic nitrogens is 4. The highest BCUT2D eigenvalue weighted by molar-refractivity contribution is 7.13. The summed E-state index contributed by atoms with van der Waals surface area (Å²) in [5, 5.41) is 22.8. The lowest BCUT2D eigenvalue weighted by Crippen LogP contribution is -2.30. The van der Waals surface area contributed by atoms with E-state index in [1.54, 1.807) is 23.0 Å². The molecule has 0 aliphatic carbocycles. The topological polar surface area (TPSA) is 95.8 Å². The fourth-order valence-corrected chi connectivity index (χ4v) is 3.95. The summed E-state index contributed by atoms with van der Waals surface area (Å²) >= 11 is 1.53. The van der Waals surface area contributed by atoms with Crippen LogP contribution < -0.4 is 5.56 Å². The molecule has 0 spiro atoms. The molecule has 0 amide bonds. The van der Waals surface area contributed by atoms with Gasteiger partial charge in [0.2, 0.25) is 0 Å². The highest BCUT2D eigenvalue weighted by atomic mass is 32.1. The Morgan fingerprint density at radius 3 is 2.66 bits per heavy atom. The second-order valence-electron chi connectivity index (χ2n) is 7.71. The first-order chi connectivity index (χ1) is 13.8. The summed E-state index contributed by atoms with van der Waals surface area (Å²) in [5.74, 6) is 0. The van der Waals surface area contributed by atoms with Gasteiger partial charge in [-0.2, -0.15) is 10.2 Å². The lowest BCUT2D eigenvalue weighted by atomic mass is 10.1. The number of rotatable bonds is 4. The Bertz CT molecular complexity index is 1270. The predicted octanol–water partition coefficient (Wildman–Crippen LogP) is 4.03. The van der Waals surface area contributed by atoms with Gasteiger partial charge in [0, 0.05) is 12.1 Å². The van der Waals surface area contributed by atoms with Gasteiger partial charge in [-0.15, -0.1) is 11.3 Å². The zero-order valence-electron chi connectivity index (χ0n) is 16.2. The minimum absolute atomic E-state index is 0.0187. The van der Waals surface area contributed by atoms with E-state index in [0.717, 1.165) is 4.88 Å². The van der Waals surface area contributed by atoms with Crippen LogP contribution in [0.2, 0.25) is 0 Å². The van der Waals surface area contributed by atoms with Crippen LogP contribution in [0.5, 0.6) is 0 Å². The molecule has 1 aromatic carbocycles. The van der Waals surface area contributed by atoms with Crippen molar-refractivity contribution < 1.29 is 4.92 Å². The molecule has 0 radical (unpaired) electrons. The predicted molar refractivity (Wildman–Crippen MR) is 112 cm³/mol. The number of nitro benzene ring substituents is 1. The Kier molecular flexibility index (Phi) is 4.54. The van der Waals surface area contributed by atoms with Gasteiger partial charge in [0.05, 0.1) is 33.5 Å². The normalized spacial score (nSPS) is 11.8. The van der Waals surface area contributed by atoms with Crippen LogP contribution >= 0.6 is 11.3 Å². The maximum absolute atomic E-state index is 13.3. The molecule has 0 saturated carbocycles. The monoisotopic (exact) mass is 409 g/mol. The van der Waals surface area contributed by atoms with Crippen LogP contribution in [0.25, 0.3) is 21.5 Å². The zero-order chi connectivity index (χ0) is 20.8. The molecule has 3 heterocycles. The van der Waals surface area contributed by atoms with Crippen molar-refractivity contribution >= 4 is 27.9 Å². The molecule has 148 valence electrons. The molecule has 0 aliphatic rings. The Labute approximate surface area is 170 Å². The number of thiophene rings is 1. The van der Waals surface area contributed by atoms with E-state index in [-0.39, 0.29) is 17.8 Å². The summed E-state index contributed by atoms with van der Waals surface area (Å²) in [6.07, 6.45) is 1.68. The van der Waals surface area contributed by atoms with Crippen molar-refractivity contribution in [1.29, 1.82) is 0 Å². The van der Waals surface area contributed by atoms with Crippen LogP contribution in [0.15, 0.2) is 52.8 Å². The summed E-state index contributed by atoms with van der Waals surface area (Å²) in [7, 11) is 0. The van der Waals surface area contributed by atoms with Crippen LogP contribution in [-0.4, -0.2) is 24.5 Å². The Balaban J connectivity index is 1.95. The Hall–Kier alpha value is -3.33. The molecule has 3 aromatic heterocycles. The summed E-state index contributed by atoms with van der Waals surface area (Å²) in [5.41, 5.74) is 1.09. The molecule has 4 aromatic rings. The van der Waals surface area contributed by atoms with Gasteiger partial charge in [-0.05, 0) is 37.8 Å². The van der Waals surface area contributed by atoms with E-state index < -0.39 is 10.5 Å². The smallest absolute Gasteiger partial charge is 0.265 e. The van der Waals surface area contributed by atoms with Crippen LogP contribution in [0, 0.1) is 10.1 Å². The van der Waals surface area contributed by atoms with Crippen molar-refractivity contribution in [3.63, 3.8) is 0 Å². The van der Waals surface area contributed by atoms with Crippen molar-refractivity contribution in [2.45, 2.75) is 32.9 Å². The number of hydrogen-bond acceptors (Lipinski definition) is 6. The van der Waals surface area contributed by atoms with Gasteiger partial charge < -0.3 is 0 Å². The molecule has 4 rings (SSSR count). The van der Waals surface area contributed by atoms with Crippen molar-refractivity contribution in [3.05, 3.63) is 74.0 Å². The molecular formula is C20H19N5O3S. The minimum Gasteiger partial charge on any atom is -0.265 e. The lowest BCUT2D eigenvalue weighted by molar-refractivity contribution is -0.384. The minimum atomic E-state index is -0.450. The highest BCUT2D eigenvalue weighted by Crippen LogP contribution is 2.30. The van der Waals surface area contributed by atoms with Crippen molar-refractivity contribution in [2.75, 3.05) is 0 Å². The summed E-state index contributed by atoms with van der Waals surface area (Å²) in [4.78, 5) is 24.9. The summed E-state index contributed by atoms with van der Waals surface area (Å²) in [6.45, 7) is 6.07. The van der Waals surface area contributed by atoms with Gasteiger partial charge in [0.1, 0.15) is 11.2 Å². The number of nitro groups is 1. The SMILES string of the molecule is CC(C)(C)n1ncc2c(-c3cccs3)nn(Cc3cccc([N+](=O)[O-])c3)c(=O)c21. The van der Waals surface area contributed by atoms with E-state index >= 15 is 0 Å². The molecular weight excluding hydrogens is 390 g/mol. The fraction of sp³-hybridized carbons (Fsp3) is 0.250. The van der Waals surface area contributed by atoms with E-state index in [4.69, 9.17) is 0 Å². The second-order valence-corrected chi connectivity index (χ2v) is 8.65. The molecule has 29 heavy (non-hydrogen) atoms. The largest absolute Gasteiger partial charge is 0.293 e. The first-order valence-electron chi connectivity index (χ1n) is 9.02. The van der Waals surface area contributed by atoms with Gasteiger partial charge in [-0.25, -0.2) is 4.68 Å². The number of nitrogens with zero attached hydrogens (tertiary/aromatic N) is 5. The van der Waals surface area contributed by atoms with E-state index in [1.807, 2.05) is 38.3 Å². The van der Waals surface area contributed by atoms with Crippen molar-refractivity contribution in [1.82, 2.24) is 19.6 Å². The molecule has 9 heteroatoms. The molecule has 0 unspecified atom stereocenters. The third-order valence-electron chi connectivity index (χ3n) is 4.53. The zero-order valence-corrected chi connectivity index (χ0v) is 17.0. The number of non-ortho nitro benzene ring substituents is 1. The van der Waals surface area contributed by atoms with Gasteiger partial charge in [0.15, 0.2) is 0 Å². The molecule has 0 aliphatic heterocycles. The first-order valence-corrected chi connectivity index (χ1v) is 9.90. The van der Waals surface area contributed by atoms with Crippen molar-refractivity contribution in [2.24, 2.45) is 0 Å². The molecule has 0 N–H and O–H groups in total.